The van der Waals surface area contributed by atoms with Crippen LogP contribution in [-0.2, 0) is 14.3 Å². The lowest BCUT2D eigenvalue weighted by Gasteiger charge is -2.20. The summed E-state index contributed by atoms with van der Waals surface area (Å²) in [5.41, 5.74) is 1.46. The van der Waals surface area contributed by atoms with Gasteiger partial charge < -0.3 is 9.84 Å². The molecule has 23 heavy (non-hydrogen) atoms. The Morgan fingerprint density at radius 3 is 1.83 bits per heavy atom. The highest BCUT2D eigenvalue weighted by Crippen LogP contribution is 2.31. The van der Waals surface area contributed by atoms with E-state index in [1.165, 1.54) is 0 Å². The molecule has 120 valence electrons. The summed E-state index contributed by atoms with van der Waals surface area (Å²) in [6.45, 7) is 2.01. The van der Waals surface area contributed by atoms with Crippen molar-refractivity contribution in [2.24, 2.45) is 0 Å². The van der Waals surface area contributed by atoms with Gasteiger partial charge in [-0.2, -0.15) is 0 Å². The SMILES string of the molecule is CCOC(=O)[C@H](C[C@H](C(=O)O)c1ccccc1)c1ccccc1. The van der Waals surface area contributed by atoms with Crippen molar-refractivity contribution in [3.05, 3.63) is 71.8 Å². The predicted octanol–water partition coefficient (Wildman–Crippen LogP) is 3.59. The van der Waals surface area contributed by atoms with Crippen LogP contribution in [0, 0.1) is 0 Å². The minimum Gasteiger partial charge on any atom is -0.481 e. The van der Waals surface area contributed by atoms with Gasteiger partial charge in [-0.15, -0.1) is 0 Å². The Labute approximate surface area is 135 Å². The Hall–Kier alpha value is -2.62. The summed E-state index contributed by atoms with van der Waals surface area (Å²) in [4.78, 5) is 24.0. The molecule has 2 aromatic carbocycles. The van der Waals surface area contributed by atoms with Crippen LogP contribution < -0.4 is 0 Å². The average Bonchev–Trinajstić information content (AvgIpc) is 2.57. The molecular formula is C19H20O4. The lowest BCUT2D eigenvalue weighted by atomic mass is 9.85. The van der Waals surface area contributed by atoms with Crippen molar-refractivity contribution in [3.63, 3.8) is 0 Å². The molecular weight excluding hydrogens is 292 g/mol. The normalized spacial score (nSPS) is 13.1. The van der Waals surface area contributed by atoms with Crippen LogP contribution in [0.1, 0.15) is 36.3 Å². The fourth-order valence-corrected chi connectivity index (χ4v) is 2.60. The number of hydrogen-bond donors (Lipinski definition) is 1. The second-order valence-electron chi connectivity index (χ2n) is 5.25. The first-order valence-electron chi connectivity index (χ1n) is 7.62. The fourth-order valence-electron chi connectivity index (χ4n) is 2.60. The molecule has 2 rings (SSSR count). The van der Waals surface area contributed by atoms with Crippen molar-refractivity contribution in [1.29, 1.82) is 0 Å². The van der Waals surface area contributed by atoms with E-state index in [9.17, 15) is 14.7 Å². The number of carboxylic acids is 1. The maximum Gasteiger partial charge on any atom is 0.313 e. The minimum atomic E-state index is -0.943. The van der Waals surface area contributed by atoms with Gasteiger partial charge in [-0.3, -0.25) is 9.59 Å². The first kappa shape index (κ1) is 16.7. The van der Waals surface area contributed by atoms with E-state index in [-0.39, 0.29) is 19.0 Å². The van der Waals surface area contributed by atoms with Crippen LogP contribution in [0.3, 0.4) is 0 Å². The Kier molecular flexibility index (Phi) is 5.92. The van der Waals surface area contributed by atoms with Crippen molar-refractivity contribution in [1.82, 2.24) is 0 Å². The highest BCUT2D eigenvalue weighted by atomic mass is 16.5. The van der Waals surface area contributed by atoms with E-state index in [0.717, 1.165) is 5.56 Å². The smallest absolute Gasteiger partial charge is 0.313 e. The standard InChI is InChI=1S/C19H20O4/c1-2-23-19(22)17(15-11-7-4-8-12-15)13-16(18(20)21)14-9-5-3-6-10-14/h3-12,16-17H,2,13H2,1H3,(H,20,21)/t16-,17+/m0/s1. The Morgan fingerprint density at radius 2 is 1.39 bits per heavy atom. The Morgan fingerprint density at radius 1 is 0.913 bits per heavy atom. The molecule has 0 aromatic heterocycles. The Bertz CT molecular complexity index is 637. The topological polar surface area (TPSA) is 63.6 Å². The zero-order valence-corrected chi connectivity index (χ0v) is 13.0. The van der Waals surface area contributed by atoms with Crippen molar-refractivity contribution in [3.8, 4) is 0 Å². The van der Waals surface area contributed by atoms with E-state index in [0.29, 0.717) is 5.56 Å². The molecule has 4 heteroatoms. The number of esters is 1. The molecule has 0 bridgehead atoms. The number of rotatable bonds is 7. The van der Waals surface area contributed by atoms with Crippen LogP contribution in [0.5, 0.6) is 0 Å². The van der Waals surface area contributed by atoms with Crippen LogP contribution in [0.15, 0.2) is 60.7 Å². The summed E-state index contributed by atoms with van der Waals surface area (Å²) in [6, 6.07) is 18.1. The summed E-state index contributed by atoms with van der Waals surface area (Å²) >= 11 is 0. The second-order valence-corrected chi connectivity index (χ2v) is 5.25. The maximum absolute atomic E-state index is 12.3. The largest absolute Gasteiger partial charge is 0.481 e. The minimum absolute atomic E-state index is 0.169. The highest BCUT2D eigenvalue weighted by molar-refractivity contribution is 5.81. The van der Waals surface area contributed by atoms with E-state index in [4.69, 9.17) is 4.74 Å². The van der Waals surface area contributed by atoms with Gasteiger partial charge in [-0.1, -0.05) is 60.7 Å². The summed E-state index contributed by atoms with van der Waals surface area (Å²) in [5.74, 6) is -2.69. The number of ether oxygens (including phenoxy) is 1. The zero-order chi connectivity index (χ0) is 16.7. The molecule has 1 N–H and O–H groups in total. The second kappa shape index (κ2) is 8.13. The molecule has 0 heterocycles. The molecule has 0 aliphatic carbocycles. The van der Waals surface area contributed by atoms with Crippen LogP contribution in [-0.4, -0.2) is 23.7 Å². The third-order valence-electron chi connectivity index (χ3n) is 3.74. The van der Waals surface area contributed by atoms with Crippen LogP contribution >= 0.6 is 0 Å². The zero-order valence-electron chi connectivity index (χ0n) is 13.0. The third kappa shape index (κ3) is 4.42. The monoisotopic (exact) mass is 312 g/mol. The molecule has 0 spiro atoms. The van der Waals surface area contributed by atoms with Crippen molar-refractivity contribution < 1.29 is 19.4 Å². The Balaban J connectivity index is 2.31. The molecule has 0 fully saturated rings. The van der Waals surface area contributed by atoms with Crippen molar-refractivity contribution >= 4 is 11.9 Å². The van der Waals surface area contributed by atoms with E-state index in [2.05, 4.69) is 0 Å². The number of aliphatic carboxylic acids is 1. The number of carbonyl (C=O) groups excluding carboxylic acids is 1. The van der Waals surface area contributed by atoms with E-state index in [1.807, 2.05) is 36.4 Å². The van der Waals surface area contributed by atoms with Gasteiger partial charge in [0, 0.05) is 0 Å². The van der Waals surface area contributed by atoms with Gasteiger partial charge in [-0.05, 0) is 24.5 Å². The highest BCUT2D eigenvalue weighted by Gasteiger charge is 2.30. The molecule has 2 atom stereocenters. The lowest BCUT2D eigenvalue weighted by Crippen LogP contribution is -2.22. The molecule has 0 amide bonds. The number of hydrogen-bond acceptors (Lipinski definition) is 3. The fraction of sp³-hybridized carbons (Fsp3) is 0.263. The quantitative estimate of drug-likeness (QED) is 0.794. The third-order valence-corrected chi connectivity index (χ3v) is 3.74. The van der Waals surface area contributed by atoms with Gasteiger partial charge in [0.15, 0.2) is 0 Å². The molecule has 0 unspecified atom stereocenters. The van der Waals surface area contributed by atoms with E-state index < -0.39 is 17.8 Å². The summed E-state index contributed by atoms with van der Waals surface area (Å²) < 4.78 is 5.14. The van der Waals surface area contributed by atoms with Gasteiger partial charge in [0.05, 0.1) is 18.4 Å². The molecule has 0 saturated carbocycles. The van der Waals surface area contributed by atoms with E-state index in [1.54, 1.807) is 31.2 Å². The number of carboxylic acid groups (broad SMARTS) is 1. The predicted molar refractivity (Wildman–Crippen MR) is 87.3 cm³/mol. The average molecular weight is 312 g/mol. The number of carbonyl (C=O) groups is 2. The van der Waals surface area contributed by atoms with Gasteiger partial charge in [0.25, 0.3) is 0 Å². The maximum atomic E-state index is 12.3. The van der Waals surface area contributed by atoms with Crippen LogP contribution in [0.2, 0.25) is 0 Å². The summed E-state index contributed by atoms with van der Waals surface area (Å²) in [7, 11) is 0. The van der Waals surface area contributed by atoms with Gasteiger partial charge in [0.2, 0.25) is 0 Å². The number of benzene rings is 2. The molecule has 0 radical (unpaired) electrons. The van der Waals surface area contributed by atoms with Crippen molar-refractivity contribution in [2.45, 2.75) is 25.2 Å². The first-order chi connectivity index (χ1) is 11.1. The molecule has 0 aliphatic heterocycles. The summed E-state index contributed by atoms with van der Waals surface area (Å²) in [6.07, 6.45) is 0.169. The van der Waals surface area contributed by atoms with Crippen LogP contribution in [0.4, 0.5) is 0 Å². The summed E-state index contributed by atoms with van der Waals surface area (Å²) in [5, 5.41) is 9.58. The molecule has 0 aliphatic rings. The lowest BCUT2D eigenvalue weighted by molar-refractivity contribution is -0.146. The molecule has 2 aromatic rings. The van der Waals surface area contributed by atoms with Crippen molar-refractivity contribution in [2.75, 3.05) is 6.61 Å². The van der Waals surface area contributed by atoms with Crippen LogP contribution in [0.25, 0.3) is 0 Å². The molecule has 4 nitrogen and oxygen atoms in total. The van der Waals surface area contributed by atoms with Gasteiger partial charge in [0.1, 0.15) is 0 Å². The van der Waals surface area contributed by atoms with Gasteiger partial charge in [-0.25, -0.2) is 0 Å². The van der Waals surface area contributed by atoms with Gasteiger partial charge >= 0.3 is 11.9 Å². The first-order valence-corrected chi connectivity index (χ1v) is 7.62. The van der Waals surface area contributed by atoms with E-state index >= 15 is 0 Å². The molecule has 0 saturated heterocycles.